The minimum absolute atomic E-state index is 0.571. The highest BCUT2D eigenvalue weighted by Gasteiger charge is 2.21. The molecule has 1 heterocycles. The van der Waals surface area contributed by atoms with Crippen molar-refractivity contribution in [3.63, 3.8) is 0 Å². The number of hydrogen-bond acceptors (Lipinski definition) is 3. The first kappa shape index (κ1) is 12.7. The maximum absolute atomic E-state index is 10.6. The van der Waals surface area contributed by atoms with Gasteiger partial charge in [0.15, 0.2) is 0 Å². The zero-order chi connectivity index (χ0) is 13.2. The molecule has 0 radical (unpaired) electrons. The maximum atomic E-state index is 10.6. The van der Waals surface area contributed by atoms with Crippen molar-refractivity contribution in [1.82, 2.24) is 0 Å². The molecule has 1 atom stereocenters. The van der Waals surface area contributed by atoms with E-state index in [2.05, 4.69) is 6.07 Å². The molecule has 1 aromatic heterocycles. The number of aliphatic hydroxyl groups excluding tert-OH is 1. The number of ether oxygens (including phenoxy) is 1. The van der Waals surface area contributed by atoms with Crippen molar-refractivity contribution in [2.75, 3.05) is 6.61 Å². The van der Waals surface area contributed by atoms with Crippen LogP contribution in [0.15, 0.2) is 30.3 Å². The van der Waals surface area contributed by atoms with Crippen molar-refractivity contribution in [2.24, 2.45) is 0 Å². The first-order valence-corrected chi connectivity index (χ1v) is 7.62. The first-order chi connectivity index (χ1) is 9.29. The smallest absolute Gasteiger partial charge is 0.125 e. The van der Waals surface area contributed by atoms with Crippen LogP contribution in [-0.2, 0) is 12.8 Å². The van der Waals surface area contributed by atoms with Crippen molar-refractivity contribution in [3.8, 4) is 5.75 Å². The number of fused-ring (bicyclic) bond motifs is 1. The molecule has 0 spiro atoms. The maximum Gasteiger partial charge on any atom is 0.125 e. The Labute approximate surface area is 117 Å². The Bertz CT molecular complexity index is 552. The van der Waals surface area contributed by atoms with E-state index in [1.165, 1.54) is 23.3 Å². The van der Waals surface area contributed by atoms with Crippen LogP contribution in [0.25, 0.3) is 0 Å². The number of aliphatic hydroxyl groups is 1. The van der Waals surface area contributed by atoms with Crippen molar-refractivity contribution in [1.29, 1.82) is 0 Å². The van der Waals surface area contributed by atoms with Crippen LogP contribution in [0, 0.1) is 0 Å². The molecule has 0 amide bonds. The van der Waals surface area contributed by atoms with Gasteiger partial charge in [-0.1, -0.05) is 18.2 Å². The predicted octanol–water partition coefficient (Wildman–Crippen LogP) is 3.72. The third-order valence-electron chi connectivity index (χ3n) is 3.55. The Balaban J connectivity index is 1.92. The number of rotatable bonds is 4. The van der Waals surface area contributed by atoms with Crippen molar-refractivity contribution in [2.45, 2.75) is 32.3 Å². The SMILES string of the molecule is CCOc1ccccc1C(O)c1cc2c(s1)CCC2. The van der Waals surface area contributed by atoms with Gasteiger partial charge < -0.3 is 9.84 Å². The summed E-state index contributed by atoms with van der Waals surface area (Å²) in [5, 5.41) is 10.6. The van der Waals surface area contributed by atoms with Gasteiger partial charge in [0, 0.05) is 15.3 Å². The lowest BCUT2D eigenvalue weighted by Crippen LogP contribution is -2.02. The van der Waals surface area contributed by atoms with Gasteiger partial charge in [-0.15, -0.1) is 11.3 Å². The molecule has 0 saturated heterocycles. The summed E-state index contributed by atoms with van der Waals surface area (Å²) in [4.78, 5) is 2.49. The van der Waals surface area contributed by atoms with E-state index in [1.54, 1.807) is 11.3 Å². The van der Waals surface area contributed by atoms with Gasteiger partial charge in [0.25, 0.3) is 0 Å². The Morgan fingerprint density at radius 1 is 1.32 bits per heavy atom. The summed E-state index contributed by atoms with van der Waals surface area (Å²) in [6, 6.07) is 9.92. The molecule has 0 fully saturated rings. The second-order valence-electron chi connectivity index (χ2n) is 4.82. The lowest BCUT2D eigenvalue weighted by Gasteiger charge is -2.14. The monoisotopic (exact) mass is 274 g/mol. The fraction of sp³-hybridized carbons (Fsp3) is 0.375. The summed E-state index contributed by atoms with van der Waals surface area (Å²) in [7, 11) is 0. The third kappa shape index (κ3) is 2.40. The number of para-hydroxylation sites is 1. The molecule has 0 bridgehead atoms. The average Bonchev–Trinajstić information content (AvgIpc) is 2.99. The molecular weight excluding hydrogens is 256 g/mol. The first-order valence-electron chi connectivity index (χ1n) is 6.81. The van der Waals surface area contributed by atoms with Gasteiger partial charge in [-0.3, -0.25) is 0 Å². The van der Waals surface area contributed by atoms with Gasteiger partial charge in [0.05, 0.1) is 6.61 Å². The molecule has 0 saturated carbocycles. The van der Waals surface area contributed by atoms with Gasteiger partial charge in [-0.25, -0.2) is 0 Å². The van der Waals surface area contributed by atoms with E-state index in [9.17, 15) is 5.11 Å². The molecule has 1 aliphatic rings. The summed E-state index contributed by atoms with van der Waals surface area (Å²) in [5.74, 6) is 0.783. The summed E-state index contributed by atoms with van der Waals surface area (Å²) < 4.78 is 5.60. The predicted molar refractivity (Wildman–Crippen MR) is 78.0 cm³/mol. The van der Waals surface area contributed by atoms with Crippen molar-refractivity contribution in [3.05, 3.63) is 51.2 Å². The van der Waals surface area contributed by atoms with Crippen LogP contribution in [0.4, 0.5) is 0 Å². The second kappa shape index (κ2) is 5.35. The lowest BCUT2D eigenvalue weighted by molar-refractivity contribution is 0.215. The van der Waals surface area contributed by atoms with Crippen LogP contribution >= 0.6 is 11.3 Å². The fourth-order valence-corrected chi connectivity index (χ4v) is 3.90. The van der Waals surface area contributed by atoms with E-state index in [1.807, 2.05) is 31.2 Å². The lowest BCUT2D eigenvalue weighted by atomic mass is 10.1. The van der Waals surface area contributed by atoms with Crippen LogP contribution in [-0.4, -0.2) is 11.7 Å². The zero-order valence-corrected chi connectivity index (χ0v) is 11.9. The number of benzene rings is 1. The molecule has 1 aromatic carbocycles. The average molecular weight is 274 g/mol. The van der Waals surface area contributed by atoms with E-state index in [4.69, 9.17) is 4.74 Å². The Morgan fingerprint density at radius 3 is 2.95 bits per heavy atom. The highest BCUT2D eigenvalue weighted by molar-refractivity contribution is 7.12. The number of aryl methyl sites for hydroxylation is 2. The normalized spacial score (nSPS) is 15.3. The van der Waals surface area contributed by atoms with Crippen LogP contribution in [0.2, 0.25) is 0 Å². The van der Waals surface area contributed by atoms with Gasteiger partial charge in [0.2, 0.25) is 0 Å². The van der Waals surface area contributed by atoms with Gasteiger partial charge in [-0.2, -0.15) is 0 Å². The Kier molecular flexibility index (Phi) is 3.58. The number of thiophene rings is 1. The Hall–Kier alpha value is -1.32. The van der Waals surface area contributed by atoms with E-state index in [-0.39, 0.29) is 0 Å². The number of hydrogen-bond donors (Lipinski definition) is 1. The molecule has 1 aliphatic carbocycles. The molecule has 1 N–H and O–H groups in total. The fourth-order valence-electron chi connectivity index (χ4n) is 2.63. The molecule has 0 aliphatic heterocycles. The quantitative estimate of drug-likeness (QED) is 0.920. The molecule has 3 rings (SSSR count). The highest BCUT2D eigenvalue weighted by Crippen LogP contribution is 2.38. The molecule has 19 heavy (non-hydrogen) atoms. The summed E-state index contributed by atoms with van der Waals surface area (Å²) >= 11 is 1.75. The van der Waals surface area contributed by atoms with E-state index in [0.29, 0.717) is 6.61 Å². The molecule has 2 nitrogen and oxygen atoms in total. The van der Waals surface area contributed by atoms with Crippen molar-refractivity contribution < 1.29 is 9.84 Å². The molecule has 2 aromatic rings. The molecule has 3 heteroatoms. The molecular formula is C16H18O2S. The van der Waals surface area contributed by atoms with Crippen LogP contribution < -0.4 is 4.74 Å². The Morgan fingerprint density at radius 2 is 2.16 bits per heavy atom. The van der Waals surface area contributed by atoms with Gasteiger partial charge >= 0.3 is 0 Å². The largest absolute Gasteiger partial charge is 0.493 e. The van der Waals surface area contributed by atoms with Crippen LogP contribution in [0.5, 0.6) is 5.75 Å². The van der Waals surface area contributed by atoms with Gasteiger partial charge in [-0.05, 0) is 43.9 Å². The highest BCUT2D eigenvalue weighted by atomic mass is 32.1. The minimum Gasteiger partial charge on any atom is -0.493 e. The molecule has 1 unspecified atom stereocenters. The topological polar surface area (TPSA) is 29.5 Å². The van der Waals surface area contributed by atoms with E-state index in [0.717, 1.165) is 22.6 Å². The minimum atomic E-state index is -0.571. The van der Waals surface area contributed by atoms with Crippen molar-refractivity contribution >= 4 is 11.3 Å². The van der Waals surface area contributed by atoms with E-state index >= 15 is 0 Å². The zero-order valence-electron chi connectivity index (χ0n) is 11.1. The third-order valence-corrected chi connectivity index (χ3v) is 4.84. The summed E-state index contributed by atoms with van der Waals surface area (Å²) in [5.41, 5.74) is 2.29. The van der Waals surface area contributed by atoms with Crippen LogP contribution in [0.3, 0.4) is 0 Å². The summed E-state index contributed by atoms with van der Waals surface area (Å²) in [6.45, 7) is 2.58. The van der Waals surface area contributed by atoms with Crippen LogP contribution in [0.1, 0.15) is 40.3 Å². The van der Waals surface area contributed by atoms with E-state index < -0.39 is 6.10 Å². The van der Waals surface area contributed by atoms with Gasteiger partial charge in [0.1, 0.15) is 11.9 Å². The second-order valence-corrected chi connectivity index (χ2v) is 5.99. The molecule has 100 valence electrons. The standard InChI is InChI=1S/C16H18O2S/c1-2-18-13-8-4-3-7-12(13)16(17)15-10-11-6-5-9-14(11)19-15/h3-4,7-8,10,16-17H,2,5-6,9H2,1H3. The summed E-state index contributed by atoms with van der Waals surface area (Å²) in [6.07, 6.45) is 3.01.